The second kappa shape index (κ2) is 41.7. The zero-order chi connectivity index (χ0) is 110. The maximum atomic E-state index is 13.4. The minimum atomic E-state index is -2.18. The second-order valence-electron chi connectivity index (χ2n) is 34.5. The summed E-state index contributed by atoms with van der Waals surface area (Å²) in [7, 11) is 4.02. The van der Waals surface area contributed by atoms with E-state index in [1.807, 2.05) is 13.8 Å². The maximum absolute atomic E-state index is 13.4. The normalized spacial score (nSPS) is 25.4. The number of phenols is 27. The average molecular weight is 2120 g/mol. The Hall–Kier alpha value is -17.6. The van der Waals surface area contributed by atoms with Crippen molar-refractivity contribution in [2.75, 3.05) is 47.8 Å². The highest BCUT2D eigenvalue weighted by Gasteiger charge is 2.55. The molecule has 9 aromatic rings. The van der Waals surface area contributed by atoms with Crippen molar-refractivity contribution < 1.29 is 277 Å². The van der Waals surface area contributed by atoms with Crippen LogP contribution in [0.25, 0.3) is 44.5 Å². The van der Waals surface area contributed by atoms with Crippen LogP contribution in [0.15, 0.2) is 60.7 Å². The van der Waals surface area contributed by atoms with Gasteiger partial charge in [-0.15, -0.1) is 0 Å². The maximum Gasteiger partial charge on any atom is 0.340 e. The van der Waals surface area contributed by atoms with Crippen molar-refractivity contribution in [2.24, 2.45) is 23.7 Å². The van der Waals surface area contributed by atoms with E-state index < -0.39 is 428 Å². The molecule has 802 valence electrons. The fraction of sp³-hybridized carbons (Fsp3) is 0.330. The summed E-state index contributed by atoms with van der Waals surface area (Å²) in [5, 5.41) is 317. The Labute approximate surface area is 835 Å². The highest BCUT2D eigenvalue weighted by atomic mass is 16.7. The molecule has 150 heavy (non-hydrogen) atoms. The van der Waals surface area contributed by atoms with Gasteiger partial charge in [-0.25, -0.2) is 43.2 Å². The lowest BCUT2D eigenvalue weighted by molar-refractivity contribution is -0.293. The summed E-state index contributed by atoms with van der Waals surface area (Å²) in [5.41, 5.74) is -11.8. The summed E-state index contributed by atoms with van der Waals surface area (Å²) in [6.45, 7) is 4.68. The smallest absolute Gasteiger partial charge is 0.340 e. The molecule has 17 rings (SSSR count). The molecular formula is C94H90O56. The average Bonchev–Trinajstić information content (AvgIpc) is 0.975. The van der Waals surface area contributed by atoms with Crippen molar-refractivity contribution in [1.82, 2.24) is 0 Å². The largest absolute Gasteiger partial charge is 0.504 e. The van der Waals surface area contributed by atoms with E-state index >= 15 is 0 Å². The molecule has 8 aliphatic rings. The fourth-order valence-electron chi connectivity index (χ4n) is 17.4. The summed E-state index contributed by atoms with van der Waals surface area (Å²) < 4.78 is 86.1. The summed E-state index contributed by atoms with van der Waals surface area (Å²) in [6, 6.07) is 6.86. The number of aliphatic hydroxyl groups is 4. The number of rotatable bonds is 5. The lowest BCUT2D eigenvalue weighted by Crippen LogP contribution is -2.61. The van der Waals surface area contributed by atoms with Crippen molar-refractivity contribution in [2.45, 2.75) is 126 Å². The Kier molecular flexibility index (Phi) is 30.1. The van der Waals surface area contributed by atoms with Crippen molar-refractivity contribution in [3.63, 3.8) is 0 Å². The quantitative estimate of drug-likeness (QED) is 0.0669. The van der Waals surface area contributed by atoms with Crippen LogP contribution in [0.3, 0.4) is 0 Å². The van der Waals surface area contributed by atoms with Gasteiger partial charge in [0.2, 0.25) is 52.3 Å². The summed E-state index contributed by atoms with van der Waals surface area (Å²) in [5.74, 6) is -41.5. The van der Waals surface area contributed by atoms with Crippen molar-refractivity contribution in [3.05, 3.63) is 111 Å². The molecule has 0 saturated carbocycles. The predicted molar refractivity (Wildman–Crippen MR) is 479 cm³/mol. The van der Waals surface area contributed by atoms with Gasteiger partial charge in [0.15, 0.2) is 140 Å². The van der Waals surface area contributed by atoms with Crippen LogP contribution in [0.1, 0.15) is 121 Å². The van der Waals surface area contributed by atoms with Crippen LogP contribution < -0.4 is 0 Å². The number of phenolic OH excluding ortho intramolecular Hbond substituents is 27. The predicted octanol–water partition coefficient (Wildman–Crippen LogP) is 2.93. The Morgan fingerprint density at radius 2 is 0.420 bits per heavy atom. The van der Waals surface area contributed by atoms with Gasteiger partial charge in [-0.05, 0) is 60.7 Å². The summed E-state index contributed by atoms with van der Waals surface area (Å²) in [6.07, 6.45) is -23.4. The Bertz CT molecular complexity index is 6520. The van der Waals surface area contributed by atoms with Crippen LogP contribution in [0, 0.1) is 23.7 Å². The SMILES string of the molecule is CO[C@@H]1OC2COC(=O)c3cc(O)c(O)c(O)c3-c3c(cc(O)c(O)c3O)C(=O)O[C@H]2[C@H](O)C1O.CO[C@H]1OC2COC(=O)c3cc(O)c(O)c(O)c3-c3c(cc(O)c(O)c3O)C(=O)O[C@@H]2[C@H](C)C1C.CO[C@H]1OC2COC(=O)c3cc(O)c(O)c(O)c3-c3c(cc(O)c(O)c3O)C(=O)O[C@H]2[C@H](C)C1C.O=C(O[C@@H]1OC2COC(=O)c3cc(O)c(O)c(O)c3-c3c(cc(O)c(O)c3O)C(=O)O[C@H]2[C@H](O)C1O)c1cc(O)c(O)c(O)c1. The molecule has 31 N–H and O–H groups in total. The third kappa shape index (κ3) is 19.3. The van der Waals surface area contributed by atoms with E-state index in [2.05, 4.69) is 0 Å². The van der Waals surface area contributed by atoms with Crippen LogP contribution >= 0.6 is 0 Å². The molecular weight excluding hydrogens is 2020 g/mol. The first-order valence-corrected chi connectivity index (χ1v) is 43.7. The molecule has 8 unspecified atom stereocenters. The molecule has 8 heterocycles. The van der Waals surface area contributed by atoms with E-state index in [0.29, 0.717) is 36.4 Å². The number of esters is 9. The van der Waals surface area contributed by atoms with Crippen LogP contribution in [-0.2, 0) is 75.8 Å². The highest BCUT2D eigenvalue weighted by molar-refractivity contribution is 6.13. The molecule has 56 heteroatoms. The molecule has 0 aliphatic carbocycles. The van der Waals surface area contributed by atoms with Gasteiger partial charge >= 0.3 is 53.7 Å². The summed E-state index contributed by atoms with van der Waals surface area (Å²) >= 11 is 0. The van der Waals surface area contributed by atoms with Gasteiger partial charge < -0.3 is 234 Å². The number of carbonyl (C=O) groups is 9. The lowest BCUT2D eigenvalue weighted by Gasteiger charge is -2.43. The molecule has 0 amide bonds. The molecule has 0 radical (unpaired) electrons. The second-order valence-corrected chi connectivity index (χ2v) is 34.5. The van der Waals surface area contributed by atoms with Crippen LogP contribution in [-0.4, -0.2) is 358 Å². The van der Waals surface area contributed by atoms with E-state index in [9.17, 15) is 201 Å². The zero-order valence-electron chi connectivity index (χ0n) is 77.7. The number of ether oxygens (including phenoxy) is 16. The summed E-state index contributed by atoms with van der Waals surface area (Å²) in [4.78, 5) is 118. The van der Waals surface area contributed by atoms with Crippen molar-refractivity contribution >= 4 is 53.7 Å². The Balaban J connectivity index is 0.000000158. The molecule has 0 bridgehead atoms. The third-order valence-corrected chi connectivity index (χ3v) is 25.7. The number of carbonyl (C=O) groups excluding carboxylic acids is 9. The third-order valence-electron chi connectivity index (χ3n) is 25.7. The number of aliphatic hydroxyl groups excluding tert-OH is 4. The minimum Gasteiger partial charge on any atom is -0.504 e. The molecule has 9 aromatic carbocycles. The van der Waals surface area contributed by atoms with Gasteiger partial charge in [0, 0.05) is 89.5 Å². The molecule has 0 aromatic heterocycles. The minimum absolute atomic E-state index is 0.258. The molecule has 4 fully saturated rings. The van der Waals surface area contributed by atoms with Gasteiger partial charge in [-0.3, -0.25) is 0 Å². The zero-order valence-corrected chi connectivity index (χ0v) is 77.7. The van der Waals surface area contributed by atoms with Crippen LogP contribution in [0.2, 0.25) is 0 Å². The number of aromatic hydroxyl groups is 27. The van der Waals surface area contributed by atoms with Gasteiger partial charge in [-0.2, -0.15) is 0 Å². The molecule has 56 nitrogen and oxygen atoms in total. The number of methoxy groups -OCH3 is 3. The number of fused-ring (bicyclic) bond motifs is 16. The number of hydrogen-bond acceptors (Lipinski definition) is 56. The van der Waals surface area contributed by atoms with E-state index in [1.54, 1.807) is 13.8 Å². The van der Waals surface area contributed by atoms with E-state index in [-0.39, 0.29) is 23.7 Å². The first kappa shape index (κ1) is 108. The first-order chi connectivity index (χ1) is 70.5. The van der Waals surface area contributed by atoms with Gasteiger partial charge in [0.05, 0.1) is 50.1 Å². The van der Waals surface area contributed by atoms with Gasteiger partial charge in [0.25, 0.3) is 0 Å². The number of hydrogen-bond donors (Lipinski definition) is 31. The van der Waals surface area contributed by atoms with Crippen LogP contribution in [0.5, 0.6) is 155 Å². The monoisotopic (exact) mass is 2110 g/mol. The standard InChI is InChI=1S/C27H22O18.2C23H24O12.C21H20O14/c28-9-1-6(2-10(29)16(9)32)24(39)45-27-22(38)21(37)23-13(43-27)5-42-25(40)7-3-11(30)17(33)19(35)14(7)15-8(26(41)44-23)4-12(31)18(34)20(15)36;2*1-7-8(2)23(32-3)34-13-6-33-21(30)9-4-11(24)16(26)18(28)14(9)15-10(22(31)35-20(7)13)5-12(25)17(27)19(15)29;1-32-21-17(29)16(28)18-9(34-21)4-33-19(30)5-2-7(22)12(24)14(26)10(5)11-6(20(31)35-18)3-8(23)13(25)15(11)27/h1-4,13,21-23,27-38H,5H2;2*4-5,7-8,13,20,23-29H,6H2,1-3H3;2-3,9,16-18,21-29H,4H2,1H3/t13?,21-,22?,23-,27+;7-,8?,13?,20+,23+;7-,8?,13?,20-,23+;9?,16-,17?,18-,21-/m1111/s1. The molecule has 0 spiro atoms. The van der Waals surface area contributed by atoms with Gasteiger partial charge in [-0.1, -0.05) is 27.7 Å². The van der Waals surface area contributed by atoms with Crippen molar-refractivity contribution in [3.8, 4) is 200 Å². The fourth-order valence-corrected chi connectivity index (χ4v) is 17.4. The topological polar surface area (TPSA) is 928 Å². The van der Waals surface area contributed by atoms with Crippen molar-refractivity contribution in [1.29, 1.82) is 0 Å². The lowest BCUT2D eigenvalue weighted by atomic mass is 9.84. The number of benzene rings is 9. The van der Waals surface area contributed by atoms with E-state index in [0.717, 1.165) is 31.4 Å². The highest BCUT2D eigenvalue weighted by Crippen LogP contribution is 2.60. The molecule has 20 atom stereocenters. The van der Waals surface area contributed by atoms with Crippen LogP contribution in [0.4, 0.5) is 0 Å². The Morgan fingerprint density at radius 1 is 0.233 bits per heavy atom. The first-order valence-electron chi connectivity index (χ1n) is 43.7. The molecule has 8 aliphatic heterocycles. The Morgan fingerprint density at radius 3 is 0.647 bits per heavy atom. The number of cyclic esters (lactones) is 4. The van der Waals surface area contributed by atoms with E-state index in [1.165, 1.54) is 14.2 Å². The van der Waals surface area contributed by atoms with Gasteiger partial charge in [0.1, 0.15) is 87.5 Å². The van der Waals surface area contributed by atoms with E-state index in [4.69, 9.17) is 75.8 Å². The molecule has 4 saturated heterocycles.